The summed E-state index contributed by atoms with van der Waals surface area (Å²) in [5.74, 6) is -0.767. The zero-order valence-electron chi connectivity index (χ0n) is 12.4. The van der Waals surface area contributed by atoms with E-state index in [1.807, 2.05) is 6.92 Å². The molecule has 2 unspecified atom stereocenters. The molecular weight excluding hydrogens is 244 g/mol. The van der Waals surface area contributed by atoms with Gasteiger partial charge in [0.2, 0.25) is 0 Å². The van der Waals surface area contributed by atoms with Crippen LogP contribution in [0.25, 0.3) is 0 Å². The molecule has 5 heteroatoms. The highest BCUT2D eigenvalue weighted by atomic mass is 16.5. The highest BCUT2D eigenvalue weighted by Crippen LogP contribution is 2.15. The molecule has 0 aromatic carbocycles. The van der Waals surface area contributed by atoms with Crippen LogP contribution in [0.15, 0.2) is 0 Å². The summed E-state index contributed by atoms with van der Waals surface area (Å²) in [6.45, 7) is 7.12. The molecule has 0 aromatic rings. The molecule has 0 spiro atoms. The third-order valence-electron chi connectivity index (χ3n) is 3.79. The Morgan fingerprint density at radius 2 is 2.32 bits per heavy atom. The molecule has 1 aliphatic rings. The number of carboxylic acids is 1. The van der Waals surface area contributed by atoms with Crippen LogP contribution >= 0.6 is 0 Å². The number of hydrogen-bond donors (Lipinski definition) is 2. The van der Waals surface area contributed by atoms with Gasteiger partial charge in [-0.15, -0.1) is 0 Å². The predicted molar refractivity (Wildman–Crippen MR) is 75.4 cm³/mol. The molecule has 0 radical (unpaired) electrons. The molecule has 2 N–H and O–H groups in total. The van der Waals surface area contributed by atoms with Crippen LogP contribution in [0.4, 0.5) is 0 Å². The van der Waals surface area contributed by atoms with Crippen LogP contribution < -0.4 is 5.32 Å². The minimum absolute atomic E-state index is 0.365. The van der Waals surface area contributed by atoms with Crippen LogP contribution in [0.2, 0.25) is 0 Å². The predicted octanol–water partition coefficient (Wildman–Crippen LogP) is 1.33. The summed E-state index contributed by atoms with van der Waals surface area (Å²) in [7, 11) is 2.08. The van der Waals surface area contributed by atoms with Crippen LogP contribution in [0, 0.1) is 0 Å². The average Bonchev–Trinajstić information content (AvgIpc) is 2.81. The Bertz CT molecular complexity index is 280. The molecule has 0 aromatic heterocycles. The maximum absolute atomic E-state index is 11.3. The fraction of sp³-hybridized carbons (Fsp3) is 0.929. The summed E-state index contributed by atoms with van der Waals surface area (Å²) in [6, 6.07) is 0. The van der Waals surface area contributed by atoms with Gasteiger partial charge in [0.05, 0.1) is 6.10 Å². The third kappa shape index (κ3) is 5.47. The molecular formula is C14H28N2O3. The van der Waals surface area contributed by atoms with Crippen LogP contribution in [0.1, 0.15) is 39.5 Å². The first-order chi connectivity index (χ1) is 8.98. The van der Waals surface area contributed by atoms with E-state index < -0.39 is 11.5 Å². The van der Waals surface area contributed by atoms with Gasteiger partial charge < -0.3 is 20.1 Å². The largest absolute Gasteiger partial charge is 0.480 e. The Morgan fingerprint density at radius 1 is 1.58 bits per heavy atom. The lowest BCUT2D eigenvalue weighted by atomic mass is 9.95. The first kappa shape index (κ1) is 16.4. The zero-order chi connectivity index (χ0) is 14.3. The fourth-order valence-electron chi connectivity index (χ4n) is 2.59. The van der Waals surface area contributed by atoms with Gasteiger partial charge in [-0.2, -0.15) is 0 Å². The molecule has 1 heterocycles. The van der Waals surface area contributed by atoms with Gasteiger partial charge in [-0.05, 0) is 52.7 Å². The fourth-order valence-corrected chi connectivity index (χ4v) is 2.59. The van der Waals surface area contributed by atoms with Crippen molar-refractivity contribution in [2.24, 2.45) is 0 Å². The molecule has 1 aliphatic heterocycles. The van der Waals surface area contributed by atoms with Crippen LogP contribution in [-0.2, 0) is 9.53 Å². The number of ether oxygens (including phenoxy) is 1. The second-order valence-corrected chi connectivity index (χ2v) is 5.67. The summed E-state index contributed by atoms with van der Waals surface area (Å²) in [4.78, 5) is 13.5. The van der Waals surface area contributed by atoms with Crippen molar-refractivity contribution in [2.75, 3.05) is 33.3 Å². The van der Waals surface area contributed by atoms with Gasteiger partial charge in [-0.3, -0.25) is 4.79 Å². The Hall–Kier alpha value is -0.650. The van der Waals surface area contributed by atoms with Crippen molar-refractivity contribution in [3.8, 4) is 0 Å². The normalized spacial score (nSPS) is 22.6. The van der Waals surface area contributed by atoms with Gasteiger partial charge in [0, 0.05) is 13.2 Å². The highest BCUT2D eigenvalue weighted by Gasteiger charge is 2.31. The SMILES string of the molecule is CCNC(C)(CCCN(C)CC1CCCO1)C(=O)O. The molecule has 0 aliphatic carbocycles. The van der Waals surface area contributed by atoms with Gasteiger partial charge in [0.25, 0.3) is 0 Å². The van der Waals surface area contributed by atoms with Crippen molar-refractivity contribution in [2.45, 2.75) is 51.2 Å². The molecule has 1 fully saturated rings. The Kier molecular flexibility index (Phi) is 6.75. The molecule has 0 saturated carbocycles. The van der Waals surface area contributed by atoms with E-state index >= 15 is 0 Å². The Labute approximate surface area is 116 Å². The minimum Gasteiger partial charge on any atom is -0.480 e. The number of rotatable bonds is 9. The average molecular weight is 272 g/mol. The lowest BCUT2D eigenvalue weighted by Gasteiger charge is -2.27. The maximum atomic E-state index is 11.3. The first-order valence-corrected chi connectivity index (χ1v) is 7.26. The van der Waals surface area contributed by atoms with Crippen molar-refractivity contribution in [3.05, 3.63) is 0 Å². The summed E-state index contributed by atoms with van der Waals surface area (Å²) >= 11 is 0. The van der Waals surface area contributed by atoms with E-state index in [2.05, 4.69) is 17.3 Å². The molecule has 1 saturated heterocycles. The van der Waals surface area contributed by atoms with Crippen molar-refractivity contribution in [1.29, 1.82) is 0 Å². The number of carbonyl (C=O) groups is 1. The Balaban J connectivity index is 2.25. The second kappa shape index (κ2) is 7.82. The molecule has 112 valence electrons. The standard InChI is InChI=1S/C14H28N2O3/c1-4-15-14(2,13(17)18)8-6-9-16(3)11-12-7-5-10-19-12/h12,15H,4-11H2,1-3H3,(H,17,18). The van der Waals surface area contributed by atoms with Gasteiger partial charge in [-0.1, -0.05) is 6.92 Å². The lowest BCUT2D eigenvalue weighted by Crippen LogP contribution is -2.49. The van der Waals surface area contributed by atoms with Crippen molar-refractivity contribution in [3.63, 3.8) is 0 Å². The summed E-state index contributed by atoms with van der Waals surface area (Å²) < 4.78 is 5.60. The van der Waals surface area contributed by atoms with Crippen LogP contribution in [-0.4, -0.2) is 60.9 Å². The number of nitrogens with zero attached hydrogens (tertiary/aromatic N) is 1. The molecule has 2 atom stereocenters. The van der Waals surface area contributed by atoms with Crippen molar-refractivity contribution in [1.82, 2.24) is 10.2 Å². The van der Waals surface area contributed by atoms with E-state index in [0.29, 0.717) is 19.1 Å². The summed E-state index contributed by atoms with van der Waals surface area (Å²) in [6.07, 6.45) is 4.19. The number of aliphatic carboxylic acids is 1. The van der Waals surface area contributed by atoms with Gasteiger partial charge in [0.1, 0.15) is 5.54 Å². The van der Waals surface area contributed by atoms with Crippen LogP contribution in [0.3, 0.4) is 0 Å². The van der Waals surface area contributed by atoms with Gasteiger partial charge in [-0.25, -0.2) is 0 Å². The van der Waals surface area contributed by atoms with E-state index in [1.165, 1.54) is 0 Å². The Morgan fingerprint density at radius 3 is 2.84 bits per heavy atom. The smallest absolute Gasteiger partial charge is 0.323 e. The number of carboxylic acid groups (broad SMARTS) is 1. The number of nitrogens with one attached hydrogen (secondary N) is 1. The molecule has 0 amide bonds. The first-order valence-electron chi connectivity index (χ1n) is 7.26. The van der Waals surface area contributed by atoms with E-state index in [-0.39, 0.29) is 0 Å². The van der Waals surface area contributed by atoms with E-state index in [9.17, 15) is 9.90 Å². The lowest BCUT2D eigenvalue weighted by molar-refractivity contribution is -0.144. The van der Waals surface area contributed by atoms with Crippen LogP contribution in [0.5, 0.6) is 0 Å². The summed E-state index contributed by atoms with van der Waals surface area (Å²) in [5, 5.41) is 12.3. The minimum atomic E-state index is -0.806. The van der Waals surface area contributed by atoms with Crippen molar-refractivity contribution < 1.29 is 14.6 Å². The number of likely N-dealkylation sites (N-methyl/N-ethyl adjacent to an activating group) is 2. The van der Waals surface area contributed by atoms with Crippen molar-refractivity contribution >= 4 is 5.97 Å². The topological polar surface area (TPSA) is 61.8 Å². The monoisotopic (exact) mass is 272 g/mol. The highest BCUT2D eigenvalue weighted by molar-refractivity contribution is 5.78. The van der Waals surface area contributed by atoms with Gasteiger partial charge >= 0.3 is 5.97 Å². The van der Waals surface area contributed by atoms with Gasteiger partial charge in [0.15, 0.2) is 0 Å². The number of hydrogen-bond acceptors (Lipinski definition) is 4. The van der Waals surface area contributed by atoms with E-state index in [4.69, 9.17) is 4.74 Å². The second-order valence-electron chi connectivity index (χ2n) is 5.67. The summed E-state index contributed by atoms with van der Waals surface area (Å²) in [5.41, 5.74) is -0.806. The zero-order valence-corrected chi connectivity index (χ0v) is 12.4. The molecule has 0 bridgehead atoms. The quantitative estimate of drug-likeness (QED) is 0.663. The third-order valence-corrected chi connectivity index (χ3v) is 3.79. The molecule has 19 heavy (non-hydrogen) atoms. The van der Waals surface area contributed by atoms with E-state index in [1.54, 1.807) is 6.92 Å². The molecule has 1 rings (SSSR count). The molecule has 5 nitrogen and oxygen atoms in total. The maximum Gasteiger partial charge on any atom is 0.323 e. The van der Waals surface area contributed by atoms with E-state index in [0.717, 1.165) is 39.0 Å².